The van der Waals surface area contributed by atoms with Gasteiger partial charge in [-0.15, -0.1) is 0 Å². The fourth-order valence-electron chi connectivity index (χ4n) is 1.66. The first-order chi connectivity index (χ1) is 8.24. The lowest BCUT2D eigenvalue weighted by molar-refractivity contribution is 0.414. The van der Waals surface area contributed by atoms with Gasteiger partial charge in [-0.2, -0.15) is 0 Å². The highest BCUT2D eigenvalue weighted by Gasteiger charge is 2.08. The molecule has 2 rings (SSSR count). The van der Waals surface area contributed by atoms with E-state index in [0.29, 0.717) is 6.54 Å². The molecule has 0 aromatic carbocycles. The quantitative estimate of drug-likeness (QED) is 0.873. The van der Waals surface area contributed by atoms with Crippen molar-refractivity contribution in [2.24, 2.45) is 5.73 Å². The smallest absolute Gasteiger partial charge is 0.145 e. The van der Waals surface area contributed by atoms with Crippen LogP contribution in [0.3, 0.4) is 0 Å². The van der Waals surface area contributed by atoms with Gasteiger partial charge in [0, 0.05) is 30.2 Å². The van der Waals surface area contributed by atoms with Crippen LogP contribution in [-0.4, -0.2) is 17.1 Å². The van der Waals surface area contributed by atoms with Crippen molar-refractivity contribution in [3.05, 3.63) is 41.9 Å². The van der Waals surface area contributed by atoms with Crippen molar-refractivity contribution in [3.8, 4) is 17.0 Å². The van der Waals surface area contributed by atoms with E-state index >= 15 is 0 Å². The molecule has 4 nitrogen and oxygen atoms in total. The molecular weight excluding hydrogens is 214 g/mol. The summed E-state index contributed by atoms with van der Waals surface area (Å²) in [6.07, 6.45) is 3.54. The Bertz CT molecular complexity index is 526. The van der Waals surface area contributed by atoms with Crippen LogP contribution >= 0.6 is 0 Å². The van der Waals surface area contributed by atoms with Crippen molar-refractivity contribution in [3.63, 3.8) is 0 Å². The van der Waals surface area contributed by atoms with Gasteiger partial charge in [0.1, 0.15) is 11.4 Å². The van der Waals surface area contributed by atoms with Crippen molar-refractivity contribution in [1.29, 1.82) is 0 Å². The van der Waals surface area contributed by atoms with Gasteiger partial charge in [0.15, 0.2) is 0 Å². The second-order valence-electron chi connectivity index (χ2n) is 3.78. The number of nitrogens with zero attached hydrogens (tertiary/aromatic N) is 2. The Labute approximate surface area is 100 Å². The molecule has 17 heavy (non-hydrogen) atoms. The van der Waals surface area contributed by atoms with Gasteiger partial charge in [0.25, 0.3) is 0 Å². The summed E-state index contributed by atoms with van der Waals surface area (Å²) in [6, 6.07) is 5.81. The van der Waals surface area contributed by atoms with Gasteiger partial charge in [-0.3, -0.25) is 9.97 Å². The summed E-state index contributed by atoms with van der Waals surface area (Å²) in [5, 5.41) is 0. The van der Waals surface area contributed by atoms with Gasteiger partial charge < -0.3 is 10.5 Å². The summed E-state index contributed by atoms with van der Waals surface area (Å²) < 4.78 is 5.34. The predicted molar refractivity (Wildman–Crippen MR) is 66.6 cm³/mol. The van der Waals surface area contributed by atoms with Gasteiger partial charge in [-0.05, 0) is 30.7 Å². The molecule has 2 aromatic heterocycles. The molecule has 2 heterocycles. The average molecular weight is 229 g/mol. The molecule has 0 unspecified atom stereocenters. The Balaban J connectivity index is 2.51. The summed E-state index contributed by atoms with van der Waals surface area (Å²) in [4.78, 5) is 8.56. The molecule has 0 radical (unpaired) electrons. The maximum Gasteiger partial charge on any atom is 0.145 e. The largest absolute Gasteiger partial charge is 0.494 e. The molecule has 0 aliphatic rings. The van der Waals surface area contributed by atoms with Crippen LogP contribution in [0.15, 0.2) is 30.6 Å². The van der Waals surface area contributed by atoms with Crippen LogP contribution in [0.2, 0.25) is 0 Å². The van der Waals surface area contributed by atoms with Crippen molar-refractivity contribution < 1.29 is 4.74 Å². The Hall–Kier alpha value is -1.94. The number of aromatic nitrogens is 2. The zero-order chi connectivity index (χ0) is 12.3. The first-order valence-corrected chi connectivity index (χ1v) is 5.40. The molecule has 4 heteroatoms. The van der Waals surface area contributed by atoms with E-state index in [1.54, 1.807) is 19.5 Å². The van der Waals surface area contributed by atoms with Gasteiger partial charge in [-0.1, -0.05) is 0 Å². The van der Waals surface area contributed by atoms with Crippen LogP contribution in [0.5, 0.6) is 5.75 Å². The Morgan fingerprint density at radius 3 is 2.76 bits per heavy atom. The standard InChI is InChI=1S/C13H15N3O/c1-9-5-11(3-4-15-9)13-12(17-2)6-10(7-14)8-16-13/h3-6,8H,7,14H2,1-2H3. The molecule has 2 aromatic rings. The zero-order valence-electron chi connectivity index (χ0n) is 9.97. The van der Waals surface area contributed by atoms with Crippen molar-refractivity contribution in [2.75, 3.05) is 7.11 Å². The van der Waals surface area contributed by atoms with E-state index in [0.717, 1.165) is 28.3 Å². The number of hydrogen-bond acceptors (Lipinski definition) is 4. The molecule has 0 saturated carbocycles. The van der Waals surface area contributed by atoms with Crippen molar-refractivity contribution in [1.82, 2.24) is 9.97 Å². The minimum Gasteiger partial charge on any atom is -0.494 e. The molecule has 0 saturated heterocycles. The topological polar surface area (TPSA) is 61.0 Å². The summed E-state index contributed by atoms with van der Waals surface area (Å²) >= 11 is 0. The summed E-state index contributed by atoms with van der Waals surface area (Å²) in [5.74, 6) is 0.735. The number of aryl methyl sites for hydroxylation is 1. The molecule has 0 bridgehead atoms. The summed E-state index contributed by atoms with van der Waals surface area (Å²) in [7, 11) is 1.63. The van der Waals surface area contributed by atoms with Gasteiger partial charge in [0.2, 0.25) is 0 Å². The predicted octanol–water partition coefficient (Wildman–Crippen LogP) is 1.92. The Kier molecular flexibility index (Phi) is 3.35. The maximum atomic E-state index is 5.58. The van der Waals surface area contributed by atoms with E-state index in [9.17, 15) is 0 Å². The highest BCUT2D eigenvalue weighted by molar-refractivity contribution is 5.66. The third kappa shape index (κ3) is 2.42. The average Bonchev–Trinajstić information content (AvgIpc) is 2.38. The lowest BCUT2D eigenvalue weighted by Gasteiger charge is -2.09. The number of pyridine rings is 2. The molecule has 0 aliphatic carbocycles. The number of methoxy groups -OCH3 is 1. The van der Waals surface area contributed by atoms with Crippen molar-refractivity contribution in [2.45, 2.75) is 13.5 Å². The van der Waals surface area contributed by atoms with E-state index in [1.807, 2.05) is 25.1 Å². The summed E-state index contributed by atoms with van der Waals surface area (Å²) in [5.41, 5.74) is 9.30. The molecule has 88 valence electrons. The first kappa shape index (κ1) is 11.5. The van der Waals surface area contributed by atoms with E-state index < -0.39 is 0 Å². The van der Waals surface area contributed by atoms with E-state index in [4.69, 9.17) is 10.5 Å². The highest BCUT2D eigenvalue weighted by Crippen LogP contribution is 2.28. The summed E-state index contributed by atoms with van der Waals surface area (Å²) in [6.45, 7) is 2.41. The molecule has 2 N–H and O–H groups in total. The number of hydrogen-bond donors (Lipinski definition) is 1. The molecule has 0 fully saturated rings. The van der Waals surface area contributed by atoms with Gasteiger partial charge in [-0.25, -0.2) is 0 Å². The molecule has 0 aliphatic heterocycles. The second-order valence-corrected chi connectivity index (χ2v) is 3.78. The number of rotatable bonds is 3. The van der Waals surface area contributed by atoms with Crippen LogP contribution in [0.25, 0.3) is 11.3 Å². The van der Waals surface area contributed by atoms with Crippen LogP contribution in [0.1, 0.15) is 11.3 Å². The highest BCUT2D eigenvalue weighted by atomic mass is 16.5. The maximum absolute atomic E-state index is 5.58. The third-order valence-corrected chi connectivity index (χ3v) is 2.54. The minimum absolute atomic E-state index is 0.457. The Morgan fingerprint density at radius 1 is 1.29 bits per heavy atom. The van der Waals surface area contributed by atoms with Gasteiger partial charge in [0.05, 0.1) is 7.11 Å². The first-order valence-electron chi connectivity index (χ1n) is 5.40. The van der Waals surface area contributed by atoms with Gasteiger partial charge >= 0.3 is 0 Å². The monoisotopic (exact) mass is 229 g/mol. The van der Waals surface area contributed by atoms with E-state index in [-0.39, 0.29) is 0 Å². The van der Waals surface area contributed by atoms with Crippen molar-refractivity contribution >= 4 is 0 Å². The van der Waals surface area contributed by atoms with Crippen LogP contribution < -0.4 is 10.5 Å². The van der Waals surface area contributed by atoms with Crippen LogP contribution in [0.4, 0.5) is 0 Å². The Morgan fingerprint density at radius 2 is 2.12 bits per heavy atom. The third-order valence-electron chi connectivity index (χ3n) is 2.54. The molecule has 0 amide bonds. The number of ether oxygens (including phenoxy) is 1. The van der Waals surface area contributed by atoms with E-state index in [1.165, 1.54) is 0 Å². The SMILES string of the molecule is COc1cc(CN)cnc1-c1ccnc(C)c1. The fourth-order valence-corrected chi connectivity index (χ4v) is 1.66. The fraction of sp³-hybridized carbons (Fsp3) is 0.231. The molecule has 0 spiro atoms. The zero-order valence-corrected chi connectivity index (χ0v) is 9.97. The van der Waals surface area contributed by atoms with E-state index in [2.05, 4.69) is 9.97 Å². The number of nitrogens with two attached hydrogens (primary N) is 1. The van der Waals surface area contributed by atoms with Crippen LogP contribution in [0, 0.1) is 6.92 Å². The normalized spacial score (nSPS) is 10.3. The molecule has 0 atom stereocenters. The molecular formula is C13H15N3O. The minimum atomic E-state index is 0.457. The lowest BCUT2D eigenvalue weighted by Crippen LogP contribution is -2.00. The second kappa shape index (κ2) is 4.93. The van der Waals surface area contributed by atoms with Crippen LogP contribution in [-0.2, 0) is 6.54 Å². The lowest BCUT2D eigenvalue weighted by atomic mass is 10.1.